The van der Waals surface area contributed by atoms with Crippen LogP contribution in [0.3, 0.4) is 0 Å². The molecule has 94 valence electrons. The summed E-state index contributed by atoms with van der Waals surface area (Å²) in [6.45, 7) is 0. The number of nitrogens with zero attached hydrogens (tertiary/aromatic N) is 1. The van der Waals surface area contributed by atoms with E-state index in [2.05, 4.69) is 10.3 Å². The number of nitrogens with one attached hydrogen (secondary N) is 1. The lowest BCUT2D eigenvalue weighted by molar-refractivity contribution is 0.405. The summed E-state index contributed by atoms with van der Waals surface area (Å²) in [4.78, 5) is 4.03. The molecule has 0 saturated heterocycles. The van der Waals surface area contributed by atoms with Gasteiger partial charge in [0.05, 0.1) is 13.2 Å². The second-order valence-electron chi connectivity index (χ2n) is 3.89. The summed E-state index contributed by atoms with van der Waals surface area (Å²) in [7, 11) is 3.57. The van der Waals surface area contributed by atoms with E-state index < -0.39 is 0 Å². The van der Waals surface area contributed by atoms with E-state index >= 15 is 0 Å². The first kappa shape index (κ1) is 12.9. The predicted octanol–water partition coefficient (Wildman–Crippen LogP) is 3.05. The summed E-state index contributed by atoms with van der Waals surface area (Å²) in [5.41, 5.74) is 2.13. The molecule has 2 rings (SSSR count). The molecule has 0 radical (unpaired) electrons. The Hall–Kier alpha value is -1.58. The Bertz CT molecular complexity index is 516. The molecule has 0 saturated carbocycles. The highest BCUT2D eigenvalue weighted by atomic mass is 35.5. The van der Waals surface area contributed by atoms with Crippen LogP contribution in [0.2, 0.25) is 5.02 Å². The monoisotopic (exact) mass is 262 g/mol. The summed E-state index contributed by atoms with van der Waals surface area (Å²) in [6, 6.07) is 9.60. The van der Waals surface area contributed by atoms with Crippen molar-refractivity contribution in [2.45, 2.75) is 6.04 Å². The van der Waals surface area contributed by atoms with E-state index in [0.29, 0.717) is 5.02 Å². The van der Waals surface area contributed by atoms with E-state index in [-0.39, 0.29) is 6.04 Å². The third-order valence-corrected chi connectivity index (χ3v) is 3.07. The highest BCUT2D eigenvalue weighted by Crippen LogP contribution is 2.31. The minimum Gasteiger partial charge on any atom is -0.496 e. The quantitative estimate of drug-likeness (QED) is 0.920. The van der Waals surface area contributed by atoms with Gasteiger partial charge in [-0.25, -0.2) is 0 Å². The molecule has 0 spiro atoms. The Labute approximate surface area is 112 Å². The number of hydrogen-bond acceptors (Lipinski definition) is 3. The van der Waals surface area contributed by atoms with Crippen LogP contribution >= 0.6 is 11.6 Å². The highest BCUT2D eigenvalue weighted by molar-refractivity contribution is 6.30. The Kier molecular flexibility index (Phi) is 4.18. The van der Waals surface area contributed by atoms with Crippen molar-refractivity contribution in [3.63, 3.8) is 0 Å². The van der Waals surface area contributed by atoms with E-state index in [1.54, 1.807) is 19.5 Å². The van der Waals surface area contributed by atoms with Gasteiger partial charge in [-0.1, -0.05) is 11.6 Å². The molecule has 2 aromatic rings. The van der Waals surface area contributed by atoms with Crippen LogP contribution in [0.4, 0.5) is 0 Å². The lowest BCUT2D eigenvalue weighted by atomic mass is 9.99. The zero-order chi connectivity index (χ0) is 13.0. The molecule has 1 aromatic heterocycles. The molecule has 1 unspecified atom stereocenters. The number of aromatic nitrogens is 1. The van der Waals surface area contributed by atoms with Crippen molar-refractivity contribution in [1.29, 1.82) is 0 Å². The summed E-state index contributed by atoms with van der Waals surface area (Å²) >= 11 is 6.07. The van der Waals surface area contributed by atoms with Gasteiger partial charge in [0.15, 0.2) is 0 Å². The van der Waals surface area contributed by atoms with E-state index in [0.717, 1.165) is 16.9 Å². The van der Waals surface area contributed by atoms with Crippen LogP contribution in [-0.4, -0.2) is 19.1 Å². The first-order chi connectivity index (χ1) is 8.76. The van der Waals surface area contributed by atoms with Gasteiger partial charge in [-0.3, -0.25) is 4.98 Å². The predicted molar refractivity (Wildman–Crippen MR) is 73.1 cm³/mol. The Morgan fingerprint density at radius 1 is 1.22 bits per heavy atom. The number of rotatable bonds is 4. The molecule has 1 heterocycles. The number of ether oxygens (including phenoxy) is 1. The zero-order valence-electron chi connectivity index (χ0n) is 10.4. The normalized spacial score (nSPS) is 12.2. The fourth-order valence-corrected chi connectivity index (χ4v) is 2.17. The Balaban J connectivity index is 2.48. The highest BCUT2D eigenvalue weighted by Gasteiger charge is 2.16. The SMILES string of the molecule is CNC(c1ccncc1)c1cc(Cl)ccc1OC. The van der Waals surface area contributed by atoms with Crippen molar-refractivity contribution >= 4 is 11.6 Å². The zero-order valence-corrected chi connectivity index (χ0v) is 11.1. The van der Waals surface area contributed by atoms with Crippen molar-refractivity contribution in [1.82, 2.24) is 10.3 Å². The van der Waals surface area contributed by atoms with E-state index in [1.165, 1.54) is 0 Å². The number of benzene rings is 1. The lowest BCUT2D eigenvalue weighted by Crippen LogP contribution is -2.18. The summed E-state index contributed by atoms with van der Waals surface area (Å²) in [5, 5.41) is 3.96. The molecule has 0 aliphatic rings. The molecule has 3 nitrogen and oxygen atoms in total. The maximum atomic E-state index is 6.07. The van der Waals surface area contributed by atoms with Crippen LogP contribution in [0.5, 0.6) is 5.75 Å². The molecule has 1 atom stereocenters. The number of halogens is 1. The topological polar surface area (TPSA) is 34.2 Å². The average Bonchev–Trinajstić information content (AvgIpc) is 2.41. The third-order valence-electron chi connectivity index (χ3n) is 2.83. The number of methoxy groups -OCH3 is 1. The number of hydrogen-bond donors (Lipinski definition) is 1. The van der Waals surface area contributed by atoms with Crippen LogP contribution in [0.1, 0.15) is 17.2 Å². The minimum absolute atomic E-state index is 0.0293. The largest absolute Gasteiger partial charge is 0.496 e. The maximum Gasteiger partial charge on any atom is 0.124 e. The molecule has 0 bridgehead atoms. The molecule has 1 N–H and O–H groups in total. The van der Waals surface area contributed by atoms with Crippen LogP contribution in [0, 0.1) is 0 Å². The minimum atomic E-state index is 0.0293. The van der Waals surface area contributed by atoms with Crippen molar-refractivity contribution < 1.29 is 4.74 Å². The van der Waals surface area contributed by atoms with E-state index in [4.69, 9.17) is 16.3 Å². The standard InChI is InChI=1S/C14H15ClN2O/c1-16-14(10-5-7-17-8-6-10)12-9-11(15)3-4-13(12)18-2/h3-9,14,16H,1-2H3. The molecule has 0 aliphatic heterocycles. The molecule has 0 aliphatic carbocycles. The van der Waals surface area contributed by atoms with Crippen molar-refractivity contribution in [2.75, 3.05) is 14.2 Å². The summed E-state index contributed by atoms with van der Waals surface area (Å²) in [6.07, 6.45) is 3.55. The molecule has 0 fully saturated rings. The Morgan fingerprint density at radius 2 is 1.94 bits per heavy atom. The molecule has 4 heteroatoms. The molecular formula is C14H15ClN2O. The average molecular weight is 263 g/mol. The maximum absolute atomic E-state index is 6.07. The van der Waals surface area contributed by atoms with Gasteiger partial charge in [0.25, 0.3) is 0 Å². The van der Waals surface area contributed by atoms with Gasteiger partial charge in [0, 0.05) is 23.0 Å². The van der Waals surface area contributed by atoms with Crippen LogP contribution < -0.4 is 10.1 Å². The number of pyridine rings is 1. The van der Waals surface area contributed by atoms with Crippen molar-refractivity contribution in [3.05, 3.63) is 58.9 Å². The van der Waals surface area contributed by atoms with Crippen LogP contribution in [-0.2, 0) is 0 Å². The molecule has 18 heavy (non-hydrogen) atoms. The Morgan fingerprint density at radius 3 is 2.56 bits per heavy atom. The van der Waals surface area contributed by atoms with Crippen LogP contribution in [0.15, 0.2) is 42.7 Å². The lowest BCUT2D eigenvalue weighted by Gasteiger charge is -2.20. The van der Waals surface area contributed by atoms with Crippen LogP contribution in [0.25, 0.3) is 0 Å². The van der Waals surface area contributed by atoms with Gasteiger partial charge in [0.1, 0.15) is 5.75 Å². The molecule has 0 amide bonds. The molecule has 1 aromatic carbocycles. The van der Waals surface area contributed by atoms with Gasteiger partial charge in [-0.15, -0.1) is 0 Å². The third kappa shape index (κ3) is 2.63. The second-order valence-corrected chi connectivity index (χ2v) is 4.32. The van der Waals surface area contributed by atoms with Gasteiger partial charge in [0.2, 0.25) is 0 Å². The van der Waals surface area contributed by atoms with Crippen molar-refractivity contribution in [2.24, 2.45) is 0 Å². The smallest absolute Gasteiger partial charge is 0.124 e. The van der Waals surface area contributed by atoms with E-state index in [9.17, 15) is 0 Å². The fraction of sp³-hybridized carbons (Fsp3) is 0.214. The van der Waals surface area contributed by atoms with E-state index in [1.807, 2.05) is 37.4 Å². The molecular weight excluding hydrogens is 248 g/mol. The first-order valence-corrected chi connectivity index (χ1v) is 6.04. The van der Waals surface area contributed by atoms with Gasteiger partial charge in [-0.2, -0.15) is 0 Å². The van der Waals surface area contributed by atoms with Gasteiger partial charge in [-0.05, 0) is 42.9 Å². The fourth-order valence-electron chi connectivity index (χ4n) is 1.99. The van der Waals surface area contributed by atoms with Crippen molar-refractivity contribution in [3.8, 4) is 5.75 Å². The summed E-state index contributed by atoms with van der Waals surface area (Å²) in [5.74, 6) is 0.815. The van der Waals surface area contributed by atoms with Gasteiger partial charge >= 0.3 is 0 Å². The van der Waals surface area contributed by atoms with Gasteiger partial charge < -0.3 is 10.1 Å². The summed E-state index contributed by atoms with van der Waals surface area (Å²) < 4.78 is 5.39. The first-order valence-electron chi connectivity index (χ1n) is 5.67. The second kappa shape index (κ2) is 5.85.